The summed E-state index contributed by atoms with van der Waals surface area (Å²) in [6.07, 6.45) is 3.60. The SMILES string of the molecule is C=CC[C@]12C[C@@]3(O[C@H](c4cccs4)N=C3C[C@H](c3ccc(OC)cc3)[C@H]1C)N(CC)C2=O. The van der Waals surface area contributed by atoms with Crippen LogP contribution in [-0.2, 0) is 9.53 Å². The zero-order chi connectivity index (χ0) is 22.5. The number of amides is 1. The summed E-state index contributed by atoms with van der Waals surface area (Å²) in [6.45, 7) is 8.89. The number of carbonyl (C=O) groups excluding carboxylic acids is 1. The number of thiophene rings is 1. The van der Waals surface area contributed by atoms with Gasteiger partial charge in [0.25, 0.3) is 0 Å². The van der Waals surface area contributed by atoms with Crippen LogP contribution in [0.4, 0.5) is 0 Å². The zero-order valence-electron chi connectivity index (χ0n) is 18.9. The predicted octanol–water partition coefficient (Wildman–Crippen LogP) is 5.56. The summed E-state index contributed by atoms with van der Waals surface area (Å²) < 4.78 is 12.1. The average molecular weight is 451 g/mol. The van der Waals surface area contributed by atoms with Gasteiger partial charge < -0.3 is 14.4 Å². The largest absolute Gasteiger partial charge is 0.497 e. The van der Waals surface area contributed by atoms with E-state index in [1.54, 1.807) is 18.4 Å². The second-order valence-electron chi connectivity index (χ2n) is 9.09. The molecule has 2 aromatic rings. The number of allylic oxidation sites excluding steroid dienone is 1. The number of ether oxygens (including phenoxy) is 2. The highest BCUT2D eigenvalue weighted by molar-refractivity contribution is 7.10. The molecule has 0 unspecified atom stereocenters. The Hall–Kier alpha value is -2.44. The first kappa shape index (κ1) is 21.4. The van der Waals surface area contributed by atoms with Crippen LogP contribution in [0.1, 0.15) is 55.7 Å². The number of fused-ring (bicyclic) bond motifs is 1. The minimum absolute atomic E-state index is 0.118. The second kappa shape index (κ2) is 7.85. The number of likely N-dealkylation sites (tertiary alicyclic amines) is 1. The van der Waals surface area contributed by atoms with E-state index < -0.39 is 11.1 Å². The first-order valence-electron chi connectivity index (χ1n) is 11.3. The normalized spacial score (nSPS) is 33.6. The van der Waals surface area contributed by atoms with Crippen LogP contribution in [0.5, 0.6) is 5.75 Å². The van der Waals surface area contributed by atoms with E-state index in [9.17, 15) is 4.79 Å². The first-order chi connectivity index (χ1) is 15.5. The average Bonchev–Trinajstić information content (AvgIpc) is 3.49. The standard InChI is InChI=1S/C26H30N2O3S/c1-5-13-25-16-26(28(6-2)24(25)29)22(27-23(31-26)21-8-7-14-32-21)15-20(17(25)3)18-9-11-19(30-4)12-10-18/h5,7-12,14,17,20,23H,1,6,13,15-16H2,2-4H3/t17-,20+,23-,25+,26+/m1/s1. The van der Waals surface area contributed by atoms with Gasteiger partial charge >= 0.3 is 0 Å². The summed E-state index contributed by atoms with van der Waals surface area (Å²) in [5.41, 5.74) is 0.896. The topological polar surface area (TPSA) is 51.1 Å². The Morgan fingerprint density at radius 2 is 2.12 bits per heavy atom. The van der Waals surface area contributed by atoms with E-state index in [1.165, 1.54) is 5.56 Å². The van der Waals surface area contributed by atoms with Gasteiger partial charge in [-0.3, -0.25) is 9.79 Å². The van der Waals surface area contributed by atoms with Crippen LogP contribution in [0.15, 0.2) is 59.4 Å². The van der Waals surface area contributed by atoms with Gasteiger partial charge in [-0.25, -0.2) is 0 Å². The fourth-order valence-corrected chi connectivity index (χ4v) is 6.76. The van der Waals surface area contributed by atoms with Gasteiger partial charge in [-0.1, -0.05) is 31.2 Å². The molecule has 3 aliphatic rings. The van der Waals surface area contributed by atoms with Crippen molar-refractivity contribution >= 4 is 23.0 Å². The lowest BCUT2D eigenvalue weighted by molar-refractivity contribution is -0.150. The molecule has 0 radical (unpaired) electrons. The van der Waals surface area contributed by atoms with Crippen LogP contribution in [0.2, 0.25) is 0 Å². The van der Waals surface area contributed by atoms with Crippen LogP contribution in [-0.4, -0.2) is 35.9 Å². The number of carbonyl (C=O) groups is 1. The molecule has 5 atom stereocenters. The number of methoxy groups -OCH3 is 1. The van der Waals surface area contributed by atoms with E-state index in [0.717, 1.165) is 22.8 Å². The molecule has 6 heteroatoms. The smallest absolute Gasteiger partial charge is 0.232 e. The van der Waals surface area contributed by atoms with Crippen molar-refractivity contribution in [1.82, 2.24) is 4.90 Å². The van der Waals surface area contributed by atoms with Gasteiger partial charge in [0.2, 0.25) is 5.91 Å². The molecular weight excluding hydrogens is 420 g/mol. The molecule has 168 valence electrons. The molecule has 0 N–H and O–H groups in total. The molecule has 3 heterocycles. The molecule has 1 amide bonds. The van der Waals surface area contributed by atoms with Gasteiger partial charge in [-0.15, -0.1) is 17.9 Å². The van der Waals surface area contributed by atoms with Gasteiger partial charge in [-0.05, 0) is 60.7 Å². The van der Waals surface area contributed by atoms with Crippen molar-refractivity contribution in [2.45, 2.75) is 51.0 Å². The summed E-state index contributed by atoms with van der Waals surface area (Å²) in [7, 11) is 1.68. The van der Waals surface area contributed by atoms with Crippen LogP contribution in [0, 0.1) is 11.3 Å². The van der Waals surface area contributed by atoms with Gasteiger partial charge in [0, 0.05) is 13.0 Å². The second-order valence-corrected chi connectivity index (χ2v) is 10.1. The highest BCUT2D eigenvalue weighted by atomic mass is 32.1. The number of benzene rings is 1. The zero-order valence-corrected chi connectivity index (χ0v) is 19.7. The molecule has 2 fully saturated rings. The van der Waals surface area contributed by atoms with Gasteiger partial charge in [0.1, 0.15) is 5.75 Å². The van der Waals surface area contributed by atoms with Crippen molar-refractivity contribution in [3.63, 3.8) is 0 Å². The molecule has 5 nitrogen and oxygen atoms in total. The van der Waals surface area contributed by atoms with Gasteiger partial charge in [0.15, 0.2) is 12.0 Å². The number of hydrogen-bond acceptors (Lipinski definition) is 5. The quantitative estimate of drug-likeness (QED) is 0.541. The summed E-state index contributed by atoms with van der Waals surface area (Å²) in [5.74, 6) is 1.29. The van der Waals surface area contributed by atoms with Crippen molar-refractivity contribution in [2.75, 3.05) is 13.7 Å². The Balaban J connectivity index is 1.65. The number of nitrogens with zero attached hydrogens (tertiary/aromatic N) is 2. The van der Waals surface area contributed by atoms with E-state index in [0.29, 0.717) is 19.4 Å². The highest BCUT2D eigenvalue weighted by Gasteiger charge is 2.68. The van der Waals surface area contributed by atoms with Crippen molar-refractivity contribution in [3.05, 3.63) is 64.9 Å². The maximum atomic E-state index is 14.0. The van der Waals surface area contributed by atoms with E-state index in [-0.39, 0.29) is 24.0 Å². The monoisotopic (exact) mass is 450 g/mol. The fourth-order valence-electron chi connectivity index (χ4n) is 6.07. The lowest BCUT2D eigenvalue weighted by atomic mass is 9.66. The first-order valence-corrected chi connectivity index (χ1v) is 12.2. The molecule has 1 spiro atoms. The number of hydrogen-bond donors (Lipinski definition) is 0. The number of aliphatic imine (C=N–C) groups is 1. The van der Waals surface area contributed by atoms with E-state index >= 15 is 0 Å². The lowest BCUT2D eigenvalue weighted by Crippen LogP contribution is -2.52. The number of rotatable bonds is 6. The highest BCUT2D eigenvalue weighted by Crippen LogP contribution is 2.61. The maximum absolute atomic E-state index is 14.0. The third kappa shape index (κ3) is 2.92. The summed E-state index contributed by atoms with van der Waals surface area (Å²) in [4.78, 5) is 22.2. The molecule has 32 heavy (non-hydrogen) atoms. The Bertz CT molecular complexity index is 1050. The third-order valence-electron chi connectivity index (χ3n) is 7.74. The molecular formula is C26H30N2O3S. The third-order valence-corrected chi connectivity index (χ3v) is 8.64. The van der Waals surface area contributed by atoms with E-state index in [1.807, 2.05) is 41.5 Å². The Labute approximate surface area is 193 Å². The molecule has 1 saturated carbocycles. The molecule has 1 aromatic heterocycles. The minimum Gasteiger partial charge on any atom is -0.497 e. The molecule has 1 aliphatic carbocycles. The van der Waals surface area contributed by atoms with Crippen molar-refractivity contribution < 1.29 is 14.3 Å². The van der Waals surface area contributed by atoms with Gasteiger partial charge in [0.05, 0.1) is 23.1 Å². The van der Waals surface area contributed by atoms with Crippen molar-refractivity contribution in [1.29, 1.82) is 0 Å². The fraction of sp³-hybridized carbons (Fsp3) is 0.462. The molecule has 1 aromatic carbocycles. The Morgan fingerprint density at radius 1 is 1.34 bits per heavy atom. The maximum Gasteiger partial charge on any atom is 0.232 e. The predicted molar refractivity (Wildman–Crippen MR) is 127 cm³/mol. The molecule has 2 bridgehead atoms. The lowest BCUT2D eigenvalue weighted by Gasteiger charge is -2.39. The van der Waals surface area contributed by atoms with Crippen molar-refractivity contribution in [2.24, 2.45) is 16.3 Å². The van der Waals surface area contributed by atoms with Crippen LogP contribution >= 0.6 is 11.3 Å². The van der Waals surface area contributed by atoms with E-state index in [2.05, 4.69) is 31.7 Å². The summed E-state index contributed by atoms with van der Waals surface area (Å²) >= 11 is 1.65. The minimum atomic E-state index is -0.765. The summed E-state index contributed by atoms with van der Waals surface area (Å²) in [6, 6.07) is 12.3. The molecule has 5 rings (SSSR count). The van der Waals surface area contributed by atoms with Gasteiger partial charge in [-0.2, -0.15) is 0 Å². The van der Waals surface area contributed by atoms with Crippen LogP contribution in [0.25, 0.3) is 0 Å². The Morgan fingerprint density at radius 3 is 2.75 bits per heavy atom. The Kier molecular flexibility index (Phi) is 5.25. The van der Waals surface area contributed by atoms with E-state index in [4.69, 9.17) is 14.5 Å². The summed E-state index contributed by atoms with van der Waals surface area (Å²) in [5, 5.41) is 2.05. The van der Waals surface area contributed by atoms with Crippen molar-refractivity contribution in [3.8, 4) is 5.75 Å². The molecule has 1 saturated heterocycles. The van der Waals surface area contributed by atoms with Crippen LogP contribution in [0.3, 0.4) is 0 Å². The molecule has 2 aliphatic heterocycles. The van der Waals surface area contributed by atoms with Crippen LogP contribution < -0.4 is 4.74 Å².